The SMILES string of the molecule is COc1ccc(C(=O)NC(Cc2ccccc2)C(=O)Nc2nnc(-c3ccc(Br)cc3)s2)c(OC)c1. The number of hydrogen-bond acceptors (Lipinski definition) is 7. The Balaban J connectivity index is 1.54. The molecule has 3 aromatic carbocycles. The van der Waals surface area contributed by atoms with E-state index in [1.807, 2.05) is 54.6 Å². The van der Waals surface area contributed by atoms with Crippen molar-refractivity contribution in [3.63, 3.8) is 0 Å². The molecule has 10 heteroatoms. The van der Waals surface area contributed by atoms with Crippen LogP contribution in [0.4, 0.5) is 5.13 Å². The van der Waals surface area contributed by atoms with Crippen molar-refractivity contribution < 1.29 is 19.1 Å². The van der Waals surface area contributed by atoms with Crippen molar-refractivity contribution in [1.82, 2.24) is 15.5 Å². The third kappa shape index (κ3) is 6.27. The highest BCUT2D eigenvalue weighted by Crippen LogP contribution is 2.28. The lowest BCUT2D eigenvalue weighted by molar-refractivity contribution is -0.118. The highest BCUT2D eigenvalue weighted by atomic mass is 79.9. The number of carbonyl (C=O) groups excluding carboxylic acids is 2. The van der Waals surface area contributed by atoms with E-state index >= 15 is 0 Å². The van der Waals surface area contributed by atoms with E-state index in [2.05, 4.69) is 36.8 Å². The molecule has 4 rings (SSSR count). The van der Waals surface area contributed by atoms with E-state index in [-0.39, 0.29) is 12.0 Å². The van der Waals surface area contributed by atoms with Crippen LogP contribution in [0.3, 0.4) is 0 Å². The molecule has 184 valence electrons. The zero-order chi connectivity index (χ0) is 25.5. The van der Waals surface area contributed by atoms with E-state index < -0.39 is 17.9 Å². The summed E-state index contributed by atoms with van der Waals surface area (Å²) in [5.41, 5.74) is 2.07. The van der Waals surface area contributed by atoms with E-state index in [9.17, 15) is 9.59 Å². The Labute approximate surface area is 220 Å². The number of rotatable bonds is 9. The summed E-state index contributed by atoms with van der Waals surface area (Å²) < 4.78 is 11.5. The van der Waals surface area contributed by atoms with Gasteiger partial charge in [0, 0.05) is 22.5 Å². The number of amides is 2. The van der Waals surface area contributed by atoms with Gasteiger partial charge in [-0.15, -0.1) is 10.2 Å². The summed E-state index contributed by atoms with van der Waals surface area (Å²) in [7, 11) is 3.00. The molecule has 1 atom stereocenters. The van der Waals surface area contributed by atoms with Crippen LogP contribution in [0.2, 0.25) is 0 Å². The highest BCUT2D eigenvalue weighted by molar-refractivity contribution is 9.10. The molecule has 0 bridgehead atoms. The Hall–Kier alpha value is -3.76. The van der Waals surface area contributed by atoms with E-state index in [4.69, 9.17) is 9.47 Å². The lowest BCUT2D eigenvalue weighted by atomic mass is 10.0. The summed E-state index contributed by atoms with van der Waals surface area (Å²) in [5, 5.41) is 14.9. The van der Waals surface area contributed by atoms with E-state index in [0.29, 0.717) is 21.6 Å². The van der Waals surface area contributed by atoms with Crippen LogP contribution in [-0.2, 0) is 11.2 Å². The Bertz CT molecular complexity index is 1350. The average molecular weight is 567 g/mol. The maximum Gasteiger partial charge on any atom is 0.255 e. The molecule has 0 saturated heterocycles. The first-order valence-electron chi connectivity index (χ1n) is 10.9. The lowest BCUT2D eigenvalue weighted by Crippen LogP contribution is -2.45. The Morgan fingerprint density at radius 2 is 1.72 bits per heavy atom. The summed E-state index contributed by atoms with van der Waals surface area (Å²) in [6.07, 6.45) is 0.287. The minimum Gasteiger partial charge on any atom is -0.497 e. The second-order valence-electron chi connectivity index (χ2n) is 7.69. The molecule has 1 unspecified atom stereocenters. The predicted octanol–water partition coefficient (Wildman–Crippen LogP) is 4.96. The van der Waals surface area contributed by atoms with Crippen molar-refractivity contribution >= 4 is 44.2 Å². The molecular formula is C26H23BrN4O4S. The smallest absolute Gasteiger partial charge is 0.255 e. The van der Waals surface area contributed by atoms with Crippen molar-refractivity contribution in [2.75, 3.05) is 19.5 Å². The van der Waals surface area contributed by atoms with Gasteiger partial charge < -0.3 is 14.8 Å². The van der Waals surface area contributed by atoms with Gasteiger partial charge in [0.1, 0.15) is 22.5 Å². The van der Waals surface area contributed by atoms with Crippen LogP contribution < -0.4 is 20.1 Å². The number of carbonyl (C=O) groups is 2. The van der Waals surface area contributed by atoms with E-state index in [1.165, 1.54) is 25.6 Å². The van der Waals surface area contributed by atoms with Crippen molar-refractivity contribution in [3.05, 3.63) is 88.4 Å². The first-order valence-corrected chi connectivity index (χ1v) is 12.5. The summed E-state index contributed by atoms with van der Waals surface area (Å²) in [6, 6.07) is 21.1. The van der Waals surface area contributed by atoms with Gasteiger partial charge in [0.15, 0.2) is 0 Å². The number of methoxy groups -OCH3 is 2. The number of anilines is 1. The van der Waals surface area contributed by atoms with Crippen LogP contribution in [0, 0.1) is 0 Å². The summed E-state index contributed by atoms with van der Waals surface area (Å²) in [5.74, 6) is 0.0467. The molecular weight excluding hydrogens is 544 g/mol. The molecule has 8 nitrogen and oxygen atoms in total. The zero-order valence-electron chi connectivity index (χ0n) is 19.5. The maximum absolute atomic E-state index is 13.3. The number of benzene rings is 3. The van der Waals surface area contributed by atoms with Crippen LogP contribution in [-0.4, -0.2) is 42.3 Å². The van der Waals surface area contributed by atoms with Gasteiger partial charge in [0.05, 0.1) is 19.8 Å². The standard InChI is InChI=1S/C26H23BrN4O4S/c1-34-19-12-13-20(22(15-19)35-2)23(32)28-21(14-16-6-4-3-5-7-16)24(33)29-26-31-30-25(36-26)17-8-10-18(27)11-9-17/h3-13,15,21H,14H2,1-2H3,(H,28,32)(H,29,31,33). The van der Waals surface area contributed by atoms with E-state index in [1.54, 1.807) is 18.2 Å². The fraction of sp³-hybridized carbons (Fsp3) is 0.154. The number of hydrogen-bond donors (Lipinski definition) is 2. The number of aromatic nitrogens is 2. The van der Waals surface area contributed by atoms with Gasteiger partial charge in [0.2, 0.25) is 11.0 Å². The second-order valence-corrected chi connectivity index (χ2v) is 9.58. The number of nitrogens with one attached hydrogen (secondary N) is 2. The minimum atomic E-state index is -0.869. The molecule has 36 heavy (non-hydrogen) atoms. The zero-order valence-corrected chi connectivity index (χ0v) is 21.9. The summed E-state index contributed by atoms with van der Waals surface area (Å²) in [6.45, 7) is 0. The average Bonchev–Trinajstić information content (AvgIpc) is 3.37. The Kier molecular flexibility index (Phi) is 8.29. The van der Waals surface area contributed by atoms with E-state index in [0.717, 1.165) is 15.6 Å². The number of halogens is 1. The molecule has 4 aromatic rings. The van der Waals surface area contributed by atoms with Crippen LogP contribution in [0.5, 0.6) is 11.5 Å². The molecule has 1 heterocycles. The molecule has 2 N–H and O–H groups in total. The molecule has 0 fully saturated rings. The molecule has 0 radical (unpaired) electrons. The topological polar surface area (TPSA) is 102 Å². The van der Waals surface area contributed by atoms with Gasteiger partial charge in [0.25, 0.3) is 5.91 Å². The third-order valence-electron chi connectivity index (χ3n) is 5.30. The van der Waals surface area contributed by atoms with Crippen molar-refractivity contribution in [2.45, 2.75) is 12.5 Å². The molecule has 0 aliphatic heterocycles. The van der Waals surface area contributed by atoms with Crippen LogP contribution in [0.25, 0.3) is 10.6 Å². The normalized spacial score (nSPS) is 11.4. The van der Waals surface area contributed by atoms with Crippen molar-refractivity contribution in [3.8, 4) is 22.1 Å². The lowest BCUT2D eigenvalue weighted by Gasteiger charge is -2.19. The maximum atomic E-state index is 13.3. The number of ether oxygens (including phenoxy) is 2. The van der Waals surface area contributed by atoms with Crippen molar-refractivity contribution in [1.29, 1.82) is 0 Å². The number of nitrogens with zero attached hydrogens (tertiary/aromatic N) is 2. The first kappa shape index (κ1) is 25.3. The predicted molar refractivity (Wildman–Crippen MR) is 143 cm³/mol. The highest BCUT2D eigenvalue weighted by Gasteiger charge is 2.25. The molecule has 2 amide bonds. The van der Waals surface area contributed by atoms with Gasteiger partial charge in [-0.3, -0.25) is 14.9 Å². The first-order chi connectivity index (χ1) is 17.5. The largest absolute Gasteiger partial charge is 0.497 e. The molecule has 1 aromatic heterocycles. The monoisotopic (exact) mass is 566 g/mol. The third-order valence-corrected chi connectivity index (χ3v) is 6.72. The van der Waals surface area contributed by atoms with Gasteiger partial charge in [-0.2, -0.15) is 0 Å². The van der Waals surface area contributed by atoms with Crippen molar-refractivity contribution in [2.24, 2.45) is 0 Å². The van der Waals surface area contributed by atoms with Crippen LogP contribution >= 0.6 is 27.3 Å². The fourth-order valence-corrected chi connectivity index (χ4v) is 4.47. The Morgan fingerprint density at radius 3 is 2.42 bits per heavy atom. The van der Waals surface area contributed by atoms with Gasteiger partial charge in [-0.05, 0) is 29.8 Å². The van der Waals surface area contributed by atoms with Gasteiger partial charge >= 0.3 is 0 Å². The summed E-state index contributed by atoms with van der Waals surface area (Å²) >= 11 is 4.67. The second kappa shape index (κ2) is 11.8. The van der Waals surface area contributed by atoms with Crippen LogP contribution in [0.1, 0.15) is 15.9 Å². The molecule has 0 saturated carbocycles. The fourth-order valence-electron chi connectivity index (χ4n) is 3.46. The Morgan fingerprint density at radius 1 is 0.972 bits per heavy atom. The van der Waals surface area contributed by atoms with Crippen LogP contribution in [0.15, 0.2) is 77.3 Å². The summed E-state index contributed by atoms with van der Waals surface area (Å²) in [4.78, 5) is 26.4. The molecule has 0 aliphatic rings. The van der Waals surface area contributed by atoms with Gasteiger partial charge in [-0.1, -0.05) is 69.7 Å². The minimum absolute atomic E-state index is 0.287. The molecule has 0 spiro atoms. The van der Waals surface area contributed by atoms with Gasteiger partial charge in [-0.25, -0.2) is 0 Å². The quantitative estimate of drug-likeness (QED) is 0.296. The molecule has 0 aliphatic carbocycles.